The number of anilines is 1. The van der Waals surface area contributed by atoms with Crippen molar-refractivity contribution in [2.45, 2.75) is 6.43 Å². The lowest BCUT2D eigenvalue weighted by atomic mass is 10.1. The Hall–Kier alpha value is -1.90. The summed E-state index contributed by atoms with van der Waals surface area (Å²) in [5.41, 5.74) is 4.65. The molecule has 0 atom stereocenters. The second kappa shape index (κ2) is 3.87. The molecule has 74 valence electrons. The van der Waals surface area contributed by atoms with E-state index in [9.17, 15) is 8.78 Å². The predicted octanol–water partition coefficient (Wildman–Crippen LogP) is 1.48. The molecule has 0 aliphatic heterocycles. The molecule has 0 aromatic carbocycles. The maximum Gasteiger partial charge on any atom is 0.271 e. The normalized spacial score (nSPS) is 9.93. The molecular formula is C8H7F2N3O. The Kier molecular flexibility index (Phi) is 2.82. The van der Waals surface area contributed by atoms with Crippen LogP contribution in [0.1, 0.15) is 17.6 Å². The van der Waals surface area contributed by atoms with Crippen LogP contribution in [0.5, 0.6) is 5.75 Å². The van der Waals surface area contributed by atoms with E-state index in [1.165, 1.54) is 7.11 Å². The molecule has 1 aromatic heterocycles. The first-order chi connectivity index (χ1) is 6.61. The molecule has 0 saturated heterocycles. The van der Waals surface area contributed by atoms with Crippen LogP contribution in [0.2, 0.25) is 0 Å². The van der Waals surface area contributed by atoms with Gasteiger partial charge in [-0.25, -0.2) is 13.8 Å². The van der Waals surface area contributed by atoms with Crippen LogP contribution in [-0.2, 0) is 0 Å². The van der Waals surface area contributed by atoms with Crippen LogP contribution in [0.3, 0.4) is 0 Å². The quantitative estimate of drug-likeness (QED) is 0.782. The number of methoxy groups -OCH3 is 1. The van der Waals surface area contributed by atoms with Crippen LogP contribution >= 0.6 is 0 Å². The molecule has 0 amide bonds. The fraction of sp³-hybridized carbons (Fsp3) is 0.250. The monoisotopic (exact) mass is 199 g/mol. The molecule has 0 unspecified atom stereocenters. The minimum Gasteiger partial charge on any atom is -0.495 e. The van der Waals surface area contributed by atoms with Gasteiger partial charge in [0.2, 0.25) is 0 Å². The van der Waals surface area contributed by atoms with E-state index in [0.29, 0.717) is 0 Å². The Morgan fingerprint density at radius 1 is 1.64 bits per heavy atom. The lowest BCUT2D eigenvalue weighted by molar-refractivity contribution is 0.147. The maximum atomic E-state index is 12.5. The number of ether oxygens (including phenoxy) is 1. The maximum absolute atomic E-state index is 12.5. The molecule has 0 aliphatic rings. The number of nitrogens with two attached hydrogens (primary N) is 1. The van der Waals surface area contributed by atoms with Crippen molar-refractivity contribution in [1.29, 1.82) is 5.26 Å². The second-order valence-electron chi connectivity index (χ2n) is 2.42. The smallest absolute Gasteiger partial charge is 0.271 e. The molecule has 0 bridgehead atoms. The highest BCUT2D eigenvalue weighted by Crippen LogP contribution is 2.34. The van der Waals surface area contributed by atoms with Crippen LogP contribution in [-0.4, -0.2) is 12.1 Å². The lowest BCUT2D eigenvalue weighted by Gasteiger charge is -2.10. The molecule has 0 fully saturated rings. The average molecular weight is 199 g/mol. The number of alkyl halides is 2. The van der Waals surface area contributed by atoms with Gasteiger partial charge in [0.25, 0.3) is 6.43 Å². The molecule has 1 rings (SSSR count). The highest BCUT2D eigenvalue weighted by Gasteiger charge is 2.21. The molecule has 6 heteroatoms. The van der Waals surface area contributed by atoms with Gasteiger partial charge in [0.05, 0.1) is 13.3 Å². The molecule has 0 saturated carbocycles. The average Bonchev–Trinajstić information content (AvgIpc) is 2.16. The van der Waals surface area contributed by atoms with E-state index >= 15 is 0 Å². The van der Waals surface area contributed by atoms with E-state index in [1.807, 2.05) is 0 Å². The van der Waals surface area contributed by atoms with E-state index in [0.717, 1.165) is 6.20 Å². The molecule has 4 nitrogen and oxygen atoms in total. The summed E-state index contributed by atoms with van der Waals surface area (Å²) in [5, 5.41) is 8.59. The van der Waals surface area contributed by atoms with Crippen molar-refractivity contribution >= 4 is 5.82 Å². The van der Waals surface area contributed by atoms with Gasteiger partial charge in [0.1, 0.15) is 23.0 Å². The minimum absolute atomic E-state index is 0.0583. The van der Waals surface area contributed by atoms with E-state index in [1.54, 1.807) is 6.07 Å². The Balaban J connectivity index is 3.45. The van der Waals surface area contributed by atoms with Gasteiger partial charge < -0.3 is 10.5 Å². The summed E-state index contributed by atoms with van der Waals surface area (Å²) in [5.74, 6) is -0.536. The fourth-order valence-electron chi connectivity index (χ4n) is 1.03. The molecule has 0 spiro atoms. The van der Waals surface area contributed by atoms with E-state index in [4.69, 9.17) is 11.0 Å². The number of rotatable bonds is 2. The van der Waals surface area contributed by atoms with Crippen LogP contribution in [0.15, 0.2) is 6.20 Å². The van der Waals surface area contributed by atoms with Crippen molar-refractivity contribution < 1.29 is 13.5 Å². The summed E-state index contributed by atoms with van der Waals surface area (Å²) in [7, 11) is 1.20. The Labute approximate surface area is 78.9 Å². The molecule has 0 aliphatic carbocycles. The van der Waals surface area contributed by atoms with Crippen molar-refractivity contribution in [2.75, 3.05) is 12.8 Å². The Bertz CT molecular complexity index is 387. The SMILES string of the molecule is COc1c(C#N)cnc(N)c1C(F)F. The van der Waals surface area contributed by atoms with E-state index in [-0.39, 0.29) is 17.1 Å². The van der Waals surface area contributed by atoms with Gasteiger partial charge in [-0.1, -0.05) is 0 Å². The van der Waals surface area contributed by atoms with Crippen molar-refractivity contribution in [3.8, 4) is 11.8 Å². The van der Waals surface area contributed by atoms with Gasteiger partial charge in [-0.05, 0) is 0 Å². The number of hydrogen-bond donors (Lipinski definition) is 1. The summed E-state index contributed by atoms with van der Waals surface area (Å²) in [6.45, 7) is 0. The first-order valence-electron chi connectivity index (χ1n) is 3.62. The molecule has 14 heavy (non-hydrogen) atoms. The third-order valence-corrected chi connectivity index (χ3v) is 1.64. The van der Waals surface area contributed by atoms with Crippen LogP contribution in [0.25, 0.3) is 0 Å². The van der Waals surface area contributed by atoms with Crippen molar-refractivity contribution in [2.24, 2.45) is 0 Å². The van der Waals surface area contributed by atoms with E-state index < -0.39 is 12.0 Å². The Morgan fingerprint density at radius 3 is 2.71 bits per heavy atom. The standard InChI is InChI=1S/C8H7F2N3O/c1-14-6-4(2-11)3-13-8(12)5(6)7(9)10/h3,7H,1H3,(H2,12,13). The number of nitriles is 1. The van der Waals surface area contributed by atoms with Crippen molar-refractivity contribution in [3.63, 3.8) is 0 Å². The summed E-state index contributed by atoms with van der Waals surface area (Å²) >= 11 is 0. The molecule has 1 aromatic rings. The number of nitrogens with zero attached hydrogens (tertiary/aromatic N) is 2. The van der Waals surface area contributed by atoms with Gasteiger partial charge in [-0.15, -0.1) is 0 Å². The topological polar surface area (TPSA) is 71.9 Å². The molecule has 1 heterocycles. The summed E-state index contributed by atoms with van der Waals surface area (Å²) in [6.07, 6.45) is -1.72. The van der Waals surface area contributed by atoms with Crippen LogP contribution in [0, 0.1) is 11.3 Å². The third kappa shape index (κ3) is 1.57. The zero-order valence-electron chi connectivity index (χ0n) is 7.29. The molecular weight excluding hydrogens is 192 g/mol. The highest BCUT2D eigenvalue weighted by atomic mass is 19.3. The fourth-order valence-corrected chi connectivity index (χ4v) is 1.03. The largest absolute Gasteiger partial charge is 0.495 e. The lowest BCUT2D eigenvalue weighted by Crippen LogP contribution is -2.03. The van der Waals surface area contributed by atoms with Crippen molar-refractivity contribution in [3.05, 3.63) is 17.3 Å². The molecule has 0 radical (unpaired) electrons. The van der Waals surface area contributed by atoms with Crippen molar-refractivity contribution in [1.82, 2.24) is 4.98 Å². The van der Waals surface area contributed by atoms with E-state index in [2.05, 4.69) is 9.72 Å². The predicted molar refractivity (Wildman–Crippen MR) is 44.9 cm³/mol. The van der Waals surface area contributed by atoms with Gasteiger partial charge in [-0.2, -0.15) is 5.26 Å². The Morgan fingerprint density at radius 2 is 2.29 bits per heavy atom. The summed E-state index contributed by atoms with van der Waals surface area (Å²) < 4.78 is 29.7. The summed E-state index contributed by atoms with van der Waals surface area (Å²) in [6, 6.07) is 1.69. The van der Waals surface area contributed by atoms with Crippen LogP contribution in [0.4, 0.5) is 14.6 Å². The van der Waals surface area contributed by atoms with Gasteiger partial charge in [0, 0.05) is 0 Å². The number of pyridine rings is 1. The molecule has 2 N–H and O–H groups in total. The first kappa shape index (κ1) is 10.2. The minimum atomic E-state index is -2.81. The highest BCUT2D eigenvalue weighted by molar-refractivity contribution is 5.56. The van der Waals surface area contributed by atoms with Gasteiger partial charge in [-0.3, -0.25) is 0 Å². The number of aromatic nitrogens is 1. The van der Waals surface area contributed by atoms with Gasteiger partial charge >= 0.3 is 0 Å². The third-order valence-electron chi connectivity index (χ3n) is 1.64. The second-order valence-corrected chi connectivity index (χ2v) is 2.42. The zero-order chi connectivity index (χ0) is 10.7. The number of nitrogen functional groups attached to an aromatic ring is 1. The number of halogens is 2. The first-order valence-corrected chi connectivity index (χ1v) is 3.62. The zero-order valence-corrected chi connectivity index (χ0v) is 7.29. The van der Waals surface area contributed by atoms with Gasteiger partial charge in [0.15, 0.2) is 5.75 Å². The van der Waals surface area contributed by atoms with Crippen LogP contribution < -0.4 is 10.5 Å². The number of hydrogen-bond acceptors (Lipinski definition) is 4. The summed E-state index contributed by atoms with van der Waals surface area (Å²) in [4.78, 5) is 3.48.